The predicted molar refractivity (Wildman–Crippen MR) is 95.3 cm³/mol. The van der Waals surface area contributed by atoms with Gasteiger partial charge in [-0.2, -0.15) is 0 Å². The highest BCUT2D eigenvalue weighted by molar-refractivity contribution is 7.50. The van der Waals surface area contributed by atoms with Crippen molar-refractivity contribution in [1.82, 2.24) is 0 Å². The van der Waals surface area contributed by atoms with E-state index < -0.39 is 0 Å². The minimum Gasteiger partial charge on any atom is -0.295 e. The smallest absolute Gasteiger partial charge is 0.187 e. The number of Topliss-reactive ketones (excluding diaryl/α,β-unsaturated/α-hetero) is 1. The van der Waals surface area contributed by atoms with Crippen molar-refractivity contribution in [2.75, 3.05) is 0 Å². The number of benzene rings is 3. The number of ketones is 1. The molecule has 22 heavy (non-hydrogen) atoms. The van der Waals surface area contributed by atoms with Gasteiger partial charge in [0.25, 0.3) is 0 Å². The minimum atomic E-state index is -0.0734. The van der Waals surface area contributed by atoms with Gasteiger partial charge in [0.15, 0.2) is 20.1 Å². The summed E-state index contributed by atoms with van der Waals surface area (Å²) >= 11 is 0. The molecule has 2 heteroatoms. The van der Waals surface area contributed by atoms with E-state index in [0.29, 0.717) is 0 Å². The van der Waals surface area contributed by atoms with Gasteiger partial charge in [0, 0.05) is 26.8 Å². The highest BCUT2D eigenvalue weighted by atomic mass is 32.2. The van der Waals surface area contributed by atoms with Crippen LogP contribution in [0.5, 0.6) is 0 Å². The van der Waals surface area contributed by atoms with Gasteiger partial charge in [0.05, 0.1) is 0 Å². The van der Waals surface area contributed by atoms with E-state index in [1.165, 1.54) is 25.1 Å². The summed E-state index contributed by atoms with van der Waals surface area (Å²) in [5.74, 6) is 0.117. The number of fused-ring (bicyclic) bond motifs is 3. The Balaban J connectivity index is 2.17. The van der Waals surface area contributed by atoms with E-state index in [2.05, 4.69) is 60.7 Å². The van der Waals surface area contributed by atoms with Crippen molar-refractivity contribution >= 4 is 36.4 Å². The molecule has 4 rings (SSSR count). The second-order valence-electron chi connectivity index (χ2n) is 5.38. The first kappa shape index (κ1) is 13.2. The van der Waals surface area contributed by atoms with Crippen molar-refractivity contribution in [1.29, 1.82) is 0 Å². The molecular weight excluding hydrogens is 288 g/mol. The van der Waals surface area contributed by atoms with Gasteiger partial charge < -0.3 is 0 Å². The van der Waals surface area contributed by atoms with Crippen LogP contribution >= 0.6 is 10.5 Å². The van der Waals surface area contributed by atoms with Crippen molar-refractivity contribution in [3.8, 4) is 4.90 Å². The van der Waals surface area contributed by atoms with Gasteiger partial charge in [0.1, 0.15) is 0 Å². The van der Waals surface area contributed by atoms with Crippen LogP contribution in [0, 0.1) is 0 Å². The Kier molecular flexibility index (Phi) is 3.05. The van der Waals surface area contributed by atoms with Crippen LogP contribution in [0.3, 0.4) is 0 Å². The fraction of sp³-hybridized carbons (Fsp3) is 0.0500. The molecule has 3 aromatic carbocycles. The van der Waals surface area contributed by atoms with Gasteiger partial charge in [-0.25, -0.2) is 0 Å². The number of thiophene rings is 1. The van der Waals surface area contributed by atoms with E-state index in [1.807, 2.05) is 12.1 Å². The quantitative estimate of drug-likeness (QED) is 0.331. The van der Waals surface area contributed by atoms with Crippen molar-refractivity contribution in [3.05, 3.63) is 78.4 Å². The van der Waals surface area contributed by atoms with E-state index in [0.717, 1.165) is 5.56 Å². The molecule has 0 aliphatic rings. The van der Waals surface area contributed by atoms with Crippen LogP contribution in [0.4, 0.5) is 0 Å². The maximum Gasteiger partial charge on any atom is 0.187 e. The number of hydrogen-bond donors (Lipinski definition) is 0. The van der Waals surface area contributed by atoms with Crippen LogP contribution in [-0.4, -0.2) is 5.78 Å². The maximum atomic E-state index is 11.7. The fourth-order valence-corrected chi connectivity index (χ4v) is 5.31. The van der Waals surface area contributed by atoms with Gasteiger partial charge >= 0.3 is 0 Å². The van der Waals surface area contributed by atoms with Crippen LogP contribution in [0.15, 0.2) is 72.8 Å². The van der Waals surface area contributed by atoms with Gasteiger partial charge in [-0.1, -0.05) is 30.3 Å². The Hall–Kier alpha value is -2.45. The molecule has 106 valence electrons. The van der Waals surface area contributed by atoms with E-state index in [-0.39, 0.29) is 16.3 Å². The largest absolute Gasteiger partial charge is 0.295 e. The Bertz CT molecular complexity index is 996. The summed E-state index contributed by atoms with van der Waals surface area (Å²) in [7, 11) is -0.0734. The highest BCUT2D eigenvalue weighted by Gasteiger charge is 2.23. The van der Waals surface area contributed by atoms with Crippen LogP contribution in [-0.2, 0) is 0 Å². The molecule has 1 nitrogen and oxygen atoms in total. The molecule has 4 aromatic rings. The molecule has 1 unspecified atom stereocenters. The minimum absolute atomic E-state index is 0.0734. The molecule has 0 saturated heterocycles. The molecule has 0 spiro atoms. The third-order valence-corrected chi connectivity index (χ3v) is 6.32. The zero-order valence-corrected chi connectivity index (χ0v) is 13.1. The molecule has 1 aromatic heterocycles. The molecular formula is C20H15OS+. The monoisotopic (exact) mass is 303 g/mol. The molecule has 0 N–H and O–H groups in total. The molecule has 0 radical (unpaired) electrons. The Morgan fingerprint density at radius 3 is 2.23 bits per heavy atom. The predicted octanol–water partition coefficient (Wildman–Crippen LogP) is 5.93. The summed E-state index contributed by atoms with van der Waals surface area (Å²) in [6.07, 6.45) is 0. The molecule has 0 bridgehead atoms. The van der Waals surface area contributed by atoms with Gasteiger partial charge in [-0.05, 0) is 49.4 Å². The number of carbonyl (C=O) groups is 1. The Labute approximate surface area is 131 Å². The summed E-state index contributed by atoms with van der Waals surface area (Å²) in [4.78, 5) is 13.0. The van der Waals surface area contributed by atoms with Crippen LogP contribution in [0.1, 0.15) is 17.3 Å². The summed E-state index contributed by atoms with van der Waals surface area (Å²) in [5.41, 5.74) is 0.784. The SMILES string of the molecule is CC(=O)c1ccc2c(c1)c1ccccc1[s+]2-c1ccccc1. The number of hydrogen-bond acceptors (Lipinski definition) is 1. The average molecular weight is 303 g/mol. The standard InChI is InChI=1S/C20H15OS/c1-14(21)15-11-12-20-18(13-15)17-9-5-6-10-19(17)22(20)16-7-3-2-4-8-16/h2-13H,1H3/q+1. The third kappa shape index (κ3) is 1.96. The average Bonchev–Trinajstić information content (AvgIpc) is 2.89. The first-order valence-electron chi connectivity index (χ1n) is 7.29. The van der Waals surface area contributed by atoms with Crippen LogP contribution < -0.4 is 0 Å². The normalized spacial score (nSPS) is 12.0. The zero-order chi connectivity index (χ0) is 15.1. The molecule has 0 aliphatic carbocycles. The third-order valence-electron chi connectivity index (χ3n) is 3.98. The zero-order valence-electron chi connectivity index (χ0n) is 12.2. The van der Waals surface area contributed by atoms with Crippen molar-refractivity contribution < 1.29 is 4.79 Å². The summed E-state index contributed by atoms with van der Waals surface area (Å²) < 4.78 is 2.67. The molecule has 0 aliphatic heterocycles. The topological polar surface area (TPSA) is 17.1 Å². The lowest BCUT2D eigenvalue weighted by Crippen LogP contribution is -1.89. The molecule has 0 saturated carbocycles. The van der Waals surface area contributed by atoms with E-state index in [4.69, 9.17) is 0 Å². The van der Waals surface area contributed by atoms with Crippen LogP contribution in [0.25, 0.3) is 25.1 Å². The van der Waals surface area contributed by atoms with Gasteiger partial charge in [-0.15, -0.1) is 0 Å². The fourth-order valence-electron chi connectivity index (χ4n) is 2.93. The van der Waals surface area contributed by atoms with Crippen molar-refractivity contribution in [2.45, 2.75) is 6.92 Å². The van der Waals surface area contributed by atoms with Gasteiger partial charge in [0.2, 0.25) is 0 Å². The van der Waals surface area contributed by atoms with E-state index >= 15 is 0 Å². The summed E-state index contributed by atoms with van der Waals surface area (Å²) in [6, 6.07) is 25.3. The van der Waals surface area contributed by atoms with Crippen molar-refractivity contribution in [2.24, 2.45) is 0 Å². The first-order chi connectivity index (χ1) is 10.8. The Morgan fingerprint density at radius 2 is 1.45 bits per heavy atom. The lowest BCUT2D eigenvalue weighted by atomic mass is 10.1. The van der Waals surface area contributed by atoms with Gasteiger partial charge in [-0.3, -0.25) is 4.79 Å². The summed E-state index contributed by atoms with van der Waals surface area (Å²) in [6.45, 7) is 1.62. The lowest BCUT2D eigenvalue weighted by molar-refractivity contribution is 0.101. The highest BCUT2D eigenvalue weighted by Crippen LogP contribution is 2.48. The number of rotatable bonds is 2. The Morgan fingerprint density at radius 1 is 0.773 bits per heavy atom. The van der Waals surface area contributed by atoms with E-state index in [9.17, 15) is 4.79 Å². The second kappa shape index (κ2) is 5.08. The first-order valence-corrected chi connectivity index (χ1v) is 8.52. The second-order valence-corrected chi connectivity index (χ2v) is 7.35. The molecule has 0 amide bonds. The lowest BCUT2D eigenvalue weighted by Gasteiger charge is -1.95. The van der Waals surface area contributed by atoms with Crippen LogP contribution in [0.2, 0.25) is 0 Å². The molecule has 0 fully saturated rings. The number of carbonyl (C=O) groups excluding carboxylic acids is 1. The molecule has 1 atom stereocenters. The summed E-state index contributed by atoms with van der Waals surface area (Å²) in [5, 5.41) is 2.46. The van der Waals surface area contributed by atoms with Crippen molar-refractivity contribution in [3.63, 3.8) is 0 Å². The van der Waals surface area contributed by atoms with E-state index in [1.54, 1.807) is 6.92 Å². The maximum absolute atomic E-state index is 11.7. The molecule has 1 heterocycles.